The maximum absolute atomic E-state index is 12.9. The fourth-order valence-corrected chi connectivity index (χ4v) is 4.61. The number of aromatic nitrogens is 2. The molecule has 3 heterocycles. The normalized spacial score (nSPS) is 18.7. The number of rotatable bonds is 4. The fraction of sp³-hybridized carbons (Fsp3) is 0.385. The lowest BCUT2D eigenvalue weighted by Gasteiger charge is -2.26. The summed E-state index contributed by atoms with van der Waals surface area (Å²) in [5.74, 6) is 0.842. The number of anilines is 1. The molecule has 7 heteroatoms. The monoisotopic (exact) mass is 444 g/mol. The standard InChI is InChI=1S/C26H28N4O3/c1-17-9-10-22(13-18(17)2)30-16-21(15-23(30)31)25-27-24(28-33-25)19-7-6-8-20(14-19)26(32)29-11-4-3-5-12-29/h6-10,13-14,21H,3-5,11-12,15-16H2,1-2H3/t21-/m0/s1. The Kier molecular flexibility index (Phi) is 5.70. The lowest BCUT2D eigenvalue weighted by molar-refractivity contribution is -0.117. The molecule has 0 radical (unpaired) electrons. The van der Waals surface area contributed by atoms with E-state index in [9.17, 15) is 9.59 Å². The van der Waals surface area contributed by atoms with Gasteiger partial charge in [-0.25, -0.2) is 0 Å². The van der Waals surface area contributed by atoms with E-state index in [1.165, 1.54) is 12.0 Å². The molecule has 2 amide bonds. The highest BCUT2D eigenvalue weighted by Crippen LogP contribution is 2.33. The van der Waals surface area contributed by atoms with Crippen molar-refractivity contribution in [2.75, 3.05) is 24.5 Å². The van der Waals surface area contributed by atoms with Gasteiger partial charge in [0.2, 0.25) is 17.6 Å². The molecular weight excluding hydrogens is 416 g/mol. The van der Waals surface area contributed by atoms with Crippen molar-refractivity contribution in [3.63, 3.8) is 0 Å². The minimum Gasteiger partial charge on any atom is -0.339 e. The van der Waals surface area contributed by atoms with Gasteiger partial charge < -0.3 is 14.3 Å². The van der Waals surface area contributed by atoms with Crippen LogP contribution in [0, 0.1) is 13.8 Å². The van der Waals surface area contributed by atoms with Crippen LogP contribution < -0.4 is 4.90 Å². The van der Waals surface area contributed by atoms with Crippen molar-refractivity contribution in [1.82, 2.24) is 15.0 Å². The largest absolute Gasteiger partial charge is 0.339 e. The van der Waals surface area contributed by atoms with E-state index in [2.05, 4.69) is 17.1 Å². The van der Waals surface area contributed by atoms with Gasteiger partial charge in [-0.15, -0.1) is 0 Å². The average Bonchev–Trinajstić information content (AvgIpc) is 3.48. The molecule has 2 aliphatic rings. The first-order chi connectivity index (χ1) is 16.0. The molecule has 0 saturated carbocycles. The summed E-state index contributed by atoms with van der Waals surface area (Å²) in [7, 11) is 0. The quantitative estimate of drug-likeness (QED) is 0.592. The van der Waals surface area contributed by atoms with Gasteiger partial charge in [0.25, 0.3) is 5.91 Å². The second-order valence-corrected chi connectivity index (χ2v) is 9.06. The van der Waals surface area contributed by atoms with E-state index in [4.69, 9.17) is 4.52 Å². The molecule has 3 aromatic rings. The number of amides is 2. The van der Waals surface area contributed by atoms with Crippen LogP contribution in [0.2, 0.25) is 0 Å². The van der Waals surface area contributed by atoms with Crippen LogP contribution in [-0.2, 0) is 4.79 Å². The van der Waals surface area contributed by atoms with Crippen molar-refractivity contribution >= 4 is 17.5 Å². The maximum atomic E-state index is 12.9. The Morgan fingerprint density at radius 1 is 1.03 bits per heavy atom. The molecule has 0 aliphatic carbocycles. The first-order valence-electron chi connectivity index (χ1n) is 11.6. The Labute approximate surface area is 193 Å². The van der Waals surface area contributed by atoms with Gasteiger partial charge in [-0.1, -0.05) is 23.4 Å². The van der Waals surface area contributed by atoms with Crippen LogP contribution in [0.15, 0.2) is 47.0 Å². The van der Waals surface area contributed by atoms with Gasteiger partial charge >= 0.3 is 0 Å². The number of hydrogen-bond acceptors (Lipinski definition) is 5. The van der Waals surface area contributed by atoms with Crippen LogP contribution >= 0.6 is 0 Å². The Hall–Kier alpha value is -3.48. The Bertz CT molecular complexity index is 1200. The highest BCUT2D eigenvalue weighted by Gasteiger charge is 2.35. The molecule has 5 rings (SSSR count). The predicted octanol–water partition coefficient (Wildman–Crippen LogP) is 4.50. The lowest BCUT2D eigenvalue weighted by atomic mass is 10.1. The molecule has 33 heavy (non-hydrogen) atoms. The van der Waals surface area contributed by atoms with Crippen LogP contribution in [0.1, 0.15) is 59.0 Å². The lowest BCUT2D eigenvalue weighted by Crippen LogP contribution is -2.35. The molecule has 2 aromatic carbocycles. The highest BCUT2D eigenvalue weighted by molar-refractivity contribution is 5.96. The van der Waals surface area contributed by atoms with E-state index < -0.39 is 0 Å². The molecule has 2 saturated heterocycles. The Morgan fingerprint density at radius 2 is 1.85 bits per heavy atom. The molecule has 0 bridgehead atoms. The van der Waals surface area contributed by atoms with Gasteiger partial charge in [-0.2, -0.15) is 4.98 Å². The highest BCUT2D eigenvalue weighted by atomic mass is 16.5. The zero-order chi connectivity index (χ0) is 22.9. The number of hydrogen-bond donors (Lipinski definition) is 0. The first kappa shape index (κ1) is 21.4. The number of likely N-dealkylation sites (tertiary alicyclic amines) is 1. The van der Waals surface area contributed by atoms with Crippen molar-refractivity contribution in [1.29, 1.82) is 0 Å². The van der Waals surface area contributed by atoms with Crippen molar-refractivity contribution < 1.29 is 14.1 Å². The van der Waals surface area contributed by atoms with Crippen LogP contribution in [0.5, 0.6) is 0 Å². The number of benzene rings is 2. The third-order valence-electron chi connectivity index (χ3n) is 6.73. The summed E-state index contributed by atoms with van der Waals surface area (Å²) in [6.07, 6.45) is 3.62. The molecule has 0 unspecified atom stereocenters. The van der Waals surface area contributed by atoms with Crippen molar-refractivity contribution in [3.8, 4) is 11.4 Å². The summed E-state index contributed by atoms with van der Waals surface area (Å²) >= 11 is 0. The molecular formula is C26H28N4O3. The Morgan fingerprint density at radius 3 is 2.64 bits per heavy atom. The van der Waals surface area contributed by atoms with Crippen LogP contribution in [0.4, 0.5) is 5.69 Å². The van der Waals surface area contributed by atoms with E-state index in [1.807, 2.05) is 54.3 Å². The second kappa shape index (κ2) is 8.81. The Balaban J connectivity index is 1.33. The zero-order valence-corrected chi connectivity index (χ0v) is 19.1. The van der Waals surface area contributed by atoms with E-state index in [0.29, 0.717) is 30.2 Å². The minimum atomic E-state index is -0.154. The number of carbonyl (C=O) groups excluding carboxylic acids is 2. The van der Waals surface area contributed by atoms with E-state index in [1.54, 1.807) is 4.90 Å². The average molecular weight is 445 g/mol. The van der Waals surface area contributed by atoms with Gasteiger partial charge in [0, 0.05) is 42.9 Å². The summed E-state index contributed by atoms with van der Waals surface area (Å²) < 4.78 is 5.56. The molecule has 7 nitrogen and oxygen atoms in total. The smallest absolute Gasteiger partial charge is 0.253 e. The third kappa shape index (κ3) is 4.27. The number of piperidine rings is 1. The molecule has 1 aromatic heterocycles. The molecule has 0 spiro atoms. The second-order valence-electron chi connectivity index (χ2n) is 9.06. The van der Waals surface area contributed by atoms with E-state index in [-0.39, 0.29) is 17.7 Å². The summed E-state index contributed by atoms with van der Waals surface area (Å²) in [5.41, 5.74) is 4.63. The van der Waals surface area contributed by atoms with E-state index >= 15 is 0 Å². The number of aryl methyl sites for hydroxylation is 2. The maximum Gasteiger partial charge on any atom is 0.253 e. The minimum absolute atomic E-state index is 0.0469. The summed E-state index contributed by atoms with van der Waals surface area (Å²) in [6, 6.07) is 13.4. The zero-order valence-electron chi connectivity index (χ0n) is 19.1. The van der Waals surface area contributed by atoms with Gasteiger partial charge in [-0.3, -0.25) is 9.59 Å². The molecule has 0 N–H and O–H groups in total. The number of carbonyl (C=O) groups is 2. The molecule has 1 atom stereocenters. The summed E-state index contributed by atoms with van der Waals surface area (Å²) in [6.45, 7) is 6.23. The van der Waals surface area contributed by atoms with Crippen molar-refractivity contribution in [2.24, 2.45) is 0 Å². The first-order valence-corrected chi connectivity index (χ1v) is 11.6. The van der Waals surface area contributed by atoms with E-state index in [0.717, 1.165) is 42.7 Å². The molecule has 2 aliphatic heterocycles. The van der Waals surface area contributed by atoms with Crippen molar-refractivity contribution in [2.45, 2.75) is 45.4 Å². The van der Waals surface area contributed by atoms with Gasteiger partial charge in [0.1, 0.15) is 0 Å². The molecule has 170 valence electrons. The van der Waals surface area contributed by atoms with Crippen LogP contribution in [0.3, 0.4) is 0 Å². The SMILES string of the molecule is Cc1ccc(N2C[C@@H](c3nc(-c4cccc(C(=O)N5CCCCC5)c4)no3)CC2=O)cc1C. The van der Waals surface area contributed by atoms with Crippen LogP contribution in [0.25, 0.3) is 11.4 Å². The predicted molar refractivity (Wildman–Crippen MR) is 125 cm³/mol. The van der Waals surface area contributed by atoms with Gasteiger partial charge in [0.05, 0.1) is 5.92 Å². The van der Waals surface area contributed by atoms with Crippen molar-refractivity contribution in [3.05, 3.63) is 65.0 Å². The van der Waals surface area contributed by atoms with Gasteiger partial charge in [0.15, 0.2) is 0 Å². The fourth-order valence-electron chi connectivity index (χ4n) is 4.61. The van der Waals surface area contributed by atoms with Gasteiger partial charge in [-0.05, 0) is 68.5 Å². The van der Waals surface area contributed by atoms with Crippen LogP contribution in [-0.4, -0.2) is 46.5 Å². The third-order valence-corrected chi connectivity index (χ3v) is 6.73. The summed E-state index contributed by atoms with van der Waals surface area (Å²) in [4.78, 5) is 33.9. The topological polar surface area (TPSA) is 79.5 Å². The summed E-state index contributed by atoms with van der Waals surface area (Å²) in [5, 5.41) is 4.15. The molecule has 2 fully saturated rings. The number of nitrogens with zero attached hydrogens (tertiary/aromatic N) is 4.